The van der Waals surface area contributed by atoms with Crippen molar-refractivity contribution in [1.29, 1.82) is 0 Å². The largest absolute Gasteiger partial charge is 0.497 e. The lowest BCUT2D eigenvalue weighted by Gasteiger charge is -2.25. The van der Waals surface area contributed by atoms with Crippen LogP contribution in [0.5, 0.6) is 11.6 Å². The molecule has 10 nitrogen and oxygen atoms in total. The number of methoxy groups -OCH3 is 2. The maximum atomic E-state index is 12.5. The average molecular weight is 708 g/mol. The molecule has 2 aromatic heterocycles. The molecule has 49 heavy (non-hydrogen) atoms. The number of pyridine rings is 2. The molecule has 12 heteroatoms. The molecule has 1 aliphatic rings. The maximum absolute atomic E-state index is 12.5. The van der Waals surface area contributed by atoms with Crippen LogP contribution in [0.15, 0.2) is 60.8 Å². The predicted octanol–water partition coefficient (Wildman–Crippen LogP) is 8.08. The minimum atomic E-state index is -0.764. The van der Waals surface area contributed by atoms with Crippen LogP contribution in [0.1, 0.15) is 38.3 Å². The number of aliphatic carboxylic acids is 1. The van der Waals surface area contributed by atoms with Crippen LogP contribution in [0.25, 0.3) is 33.6 Å². The number of amides is 1. The number of nitrogens with zero attached hydrogens (tertiary/aromatic N) is 4. The van der Waals surface area contributed by atoms with E-state index in [1.807, 2.05) is 75.4 Å². The molecule has 258 valence electrons. The first-order valence-corrected chi connectivity index (χ1v) is 16.6. The second kappa shape index (κ2) is 15.0. The first-order valence-electron chi connectivity index (χ1n) is 15.8. The fraction of sp³-hybridized carbons (Fsp3) is 0.351. The molecule has 2 aromatic carbocycles. The van der Waals surface area contributed by atoms with Crippen molar-refractivity contribution in [2.75, 3.05) is 34.4 Å². The highest BCUT2D eigenvalue weighted by molar-refractivity contribution is 6.39. The lowest BCUT2D eigenvalue weighted by Crippen LogP contribution is -2.33. The van der Waals surface area contributed by atoms with Crippen molar-refractivity contribution in [3.05, 3.63) is 82.0 Å². The van der Waals surface area contributed by atoms with E-state index in [-0.39, 0.29) is 12.5 Å². The van der Waals surface area contributed by atoms with Crippen molar-refractivity contribution >= 4 is 35.3 Å². The van der Waals surface area contributed by atoms with Crippen molar-refractivity contribution in [2.24, 2.45) is 5.92 Å². The SMILES string of the molecule is COc1cc(CN2CC[C@H](C(=O)O)C2)cc(-c2nccc(-c3cccc(-c4ccc(CN(C)C(=O)OC(C)(C)C)c(OC)n4)c3Cl)c2Cl)c1. The number of carboxylic acid groups (broad SMARTS) is 1. The van der Waals surface area contributed by atoms with Gasteiger partial charge in [-0.3, -0.25) is 14.7 Å². The second-order valence-electron chi connectivity index (χ2n) is 13.0. The molecule has 1 aliphatic heterocycles. The smallest absolute Gasteiger partial charge is 0.410 e. The Kier molecular flexibility index (Phi) is 11.0. The first-order chi connectivity index (χ1) is 23.3. The number of hydrogen-bond donors (Lipinski definition) is 1. The van der Waals surface area contributed by atoms with E-state index in [4.69, 9.17) is 42.4 Å². The highest BCUT2D eigenvalue weighted by atomic mass is 35.5. The summed E-state index contributed by atoms with van der Waals surface area (Å²) in [5.74, 6) is -0.122. The fourth-order valence-electron chi connectivity index (χ4n) is 5.81. The van der Waals surface area contributed by atoms with Gasteiger partial charge in [-0.25, -0.2) is 9.78 Å². The number of ether oxygens (including phenoxy) is 3. The van der Waals surface area contributed by atoms with Crippen LogP contribution in [0.2, 0.25) is 10.0 Å². The summed E-state index contributed by atoms with van der Waals surface area (Å²) in [6.45, 7) is 7.47. The number of carbonyl (C=O) groups is 2. The Bertz CT molecular complexity index is 1860. The third kappa shape index (κ3) is 8.44. The van der Waals surface area contributed by atoms with Crippen LogP contribution in [0.3, 0.4) is 0 Å². The van der Waals surface area contributed by atoms with Crippen LogP contribution >= 0.6 is 23.2 Å². The van der Waals surface area contributed by atoms with Crippen LogP contribution in [-0.4, -0.2) is 76.9 Å². The lowest BCUT2D eigenvalue weighted by atomic mass is 9.99. The van der Waals surface area contributed by atoms with Crippen LogP contribution in [0, 0.1) is 5.92 Å². The number of carboxylic acids is 1. The third-order valence-electron chi connectivity index (χ3n) is 8.20. The lowest BCUT2D eigenvalue weighted by molar-refractivity contribution is -0.141. The van der Waals surface area contributed by atoms with Crippen LogP contribution in [-0.2, 0) is 22.6 Å². The molecular weight excluding hydrogens is 667 g/mol. The normalized spacial score (nSPS) is 14.8. The Morgan fingerprint density at radius 3 is 2.41 bits per heavy atom. The van der Waals surface area contributed by atoms with Gasteiger partial charge in [0.1, 0.15) is 11.4 Å². The van der Waals surface area contributed by atoms with E-state index >= 15 is 0 Å². The molecule has 3 heterocycles. The van der Waals surface area contributed by atoms with Gasteiger partial charge in [0.2, 0.25) is 5.88 Å². The Hall–Kier alpha value is -4.38. The van der Waals surface area contributed by atoms with Gasteiger partial charge < -0.3 is 24.2 Å². The Labute approximate surface area is 296 Å². The number of carbonyl (C=O) groups excluding carboxylic acids is 1. The van der Waals surface area contributed by atoms with Crippen LogP contribution in [0.4, 0.5) is 4.79 Å². The summed E-state index contributed by atoms with van der Waals surface area (Å²) >= 11 is 14.2. The zero-order valence-corrected chi connectivity index (χ0v) is 29.9. The highest BCUT2D eigenvalue weighted by Gasteiger charge is 2.28. The number of rotatable bonds is 10. The molecule has 1 N–H and O–H groups in total. The molecule has 0 radical (unpaired) electrons. The maximum Gasteiger partial charge on any atom is 0.410 e. The van der Waals surface area contributed by atoms with Crippen molar-refractivity contribution < 1.29 is 28.9 Å². The van der Waals surface area contributed by atoms with Crippen molar-refractivity contribution in [3.63, 3.8) is 0 Å². The molecule has 1 saturated heterocycles. The summed E-state index contributed by atoms with van der Waals surface area (Å²) in [5, 5.41) is 10.3. The highest BCUT2D eigenvalue weighted by Crippen LogP contribution is 2.42. The summed E-state index contributed by atoms with van der Waals surface area (Å²) in [6, 6.07) is 17.0. The summed E-state index contributed by atoms with van der Waals surface area (Å²) in [7, 11) is 4.79. The zero-order chi connectivity index (χ0) is 35.5. The third-order valence-corrected chi connectivity index (χ3v) is 8.99. The van der Waals surface area contributed by atoms with E-state index < -0.39 is 17.7 Å². The van der Waals surface area contributed by atoms with Gasteiger partial charge in [-0.15, -0.1) is 0 Å². The average Bonchev–Trinajstić information content (AvgIpc) is 3.53. The predicted molar refractivity (Wildman–Crippen MR) is 190 cm³/mol. The van der Waals surface area contributed by atoms with Gasteiger partial charge in [0.25, 0.3) is 0 Å². The monoisotopic (exact) mass is 706 g/mol. The van der Waals surface area contributed by atoms with Gasteiger partial charge >= 0.3 is 12.1 Å². The molecule has 1 amide bonds. The molecule has 4 aromatic rings. The van der Waals surface area contributed by atoms with E-state index in [0.717, 1.165) is 11.1 Å². The van der Waals surface area contributed by atoms with Crippen LogP contribution < -0.4 is 9.47 Å². The van der Waals surface area contributed by atoms with Gasteiger partial charge in [0.15, 0.2) is 0 Å². The van der Waals surface area contributed by atoms with Gasteiger partial charge in [-0.2, -0.15) is 0 Å². The number of aromatic nitrogens is 2. The standard InChI is InChI=1S/C37H40Cl2N4O6/c1-37(2,3)49-36(46)42(4)20-23-10-11-30(41-34(23)48-6)29-9-7-8-27(31(29)38)28-12-14-40-33(32(28)39)25-16-22(17-26(18-25)47-5)19-43-15-13-24(21-43)35(44)45/h7-12,14,16-18,24H,13,15,19-21H2,1-6H3,(H,44,45)/t24-/m0/s1. The van der Waals surface area contributed by atoms with E-state index in [0.29, 0.717) is 81.4 Å². The van der Waals surface area contributed by atoms with E-state index in [2.05, 4.69) is 9.88 Å². The minimum Gasteiger partial charge on any atom is -0.497 e. The molecule has 0 spiro atoms. The molecule has 0 bridgehead atoms. The number of halogens is 2. The summed E-state index contributed by atoms with van der Waals surface area (Å²) in [6.07, 6.45) is 1.86. The number of hydrogen-bond acceptors (Lipinski definition) is 8. The van der Waals surface area contributed by atoms with Crippen molar-refractivity contribution in [1.82, 2.24) is 19.8 Å². The summed E-state index contributed by atoms with van der Waals surface area (Å²) < 4.78 is 16.7. The van der Waals surface area contributed by atoms with E-state index in [1.165, 1.54) is 12.0 Å². The van der Waals surface area contributed by atoms with Gasteiger partial charge in [-0.05, 0) is 75.7 Å². The van der Waals surface area contributed by atoms with Gasteiger partial charge in [-0.1, -0.05) is 41.4 Å². The molecular formula is C37H40Cl2N4O6. The number of likely N-dealkylation sites (tertiary alicyclic amines) is 1. The molecule has 5 rings (SSSR count). The Morgan fingerprint density at radius 2 is 1.73 bits per heavy atom. The number of benzene rings is 2. The van der Waals surface area contributed by atoms with Crippen molar-refractivity contribution in [2.45, 2.75) is 45.9 Å². The van der Waals surface area contributed by atoms with Crippen molar-refractivity contribution in [3.8, 4) is 45.3 Å². The first kappa shape index (κ1) is 35.9. The zero-order valence-electron chi connectivity index (χ0n) is 28.4. The fourth-order valence-corrected chi connectivity index (χ4v) is 6.46. The van der Waals surface area contributed by atoms with Gasteiger partial charge in [0.05, 0.1) is 48.1 Å². The summed E-state index contributed by atoms with van der Waals surface area (Å²) in [5.41, 5.74) is 5.02. The molecule has 0 aliphatic carbocycles. The second-order valence-corrected chi connectivity index (χ2v) is 13.8. The Balaban J connectivity index is 1.44. The quantitative estimate of drug-likeness (QED) is 0.175. The minimum absolute atomic E-state index is 0.238. The molecule has 0 saturated carbocycles. The Morgan fingerprint density at radius 1 is 1.00 bits per heavy atom. The van der Waals surface area contributed by atoms with E-state index in [1.54, 1.807) is 20.4 Å². The summed E-state index contributed by atoms with van der Waals surface area (Å²) in [4.78, 5) is 37.0. The molecule has 1 atom stereocenters. The topological polar surface area (TPSA) is 114 Å². The molecule has 0 unspecified atom stereocenters. The van der Waals surface area contributed by atoms with Gasteiger partial charge in [0, 0.05) is 54.2 Å². The molecule has 1 fully saturated rings. The van der Waals surface area contributed by atoms with E-state index in [9.17, 15) is 14.7 Å².